The Hall–Kier alpha value is -2.10. The minimum absolute atomic E-state index is 0. The van der Waals surface area contributed by atoms with Crippen LogP contribution in [0.15, 0.2) is 18.2 Å². The first kappa shape index (κ1) is 18.2. The maximum atomic E-state index is 13.4. The molecule has 1 heterocycles. The van der Waals surface area contributed by atoms with Gasteiger partial charge in [-0.25, -0.2) is 9.37 Å². The number of anilines is 1. The van der Waals surface area contributed by atoms with Gasteiger partial charge in [-0.15, -0.1) is 23.7 Å². The highest BCUT2D eigenvalue weighted by molar-refractivity contribution is 7.15. The summed E-state index contributed by atoms with van der Waals surface area (Å²) in [6, 6.07) is 2.84. The number of halogens is 2. The fourth-order valence-corrected chi connectivity index (χ4v) is 3.53. The molecule has 3 rings (SSSR count). The molecule has 10 heteroatoms. The Kier molecular flexibility index (Phi) is 5.47. The van der Waals surface area contributed by atoms with E-state index in [0.717, 1.165) is 41.6 Å². The van der Waals surface area contributed by atoms with Crippen molar-refractivity contribution in [3.8, 4) is 0 Å². The zero-order valence-electron chi connectivity index (χ0n) is 12.3. The molecule has 1 atom stereocenters. The summed E-state index contributed by atoms with van der Waals surface area (Å²) in [7, 11) is 0. The Labute approximate surface area is 146 Å². The molecule has 1 aliphatic rings. The highest BCUT2D eigenvalue weighted by Crippen LogP contribution is 2.29. The maximum Gasteiger partial charge on any atom is 0.273 e. The van der Waals surface area contributed by atoms with Crippen LogP contribution in [-0.2, 0) is 12.8 Å². The van der Waals surface area contributed by atoms with Crippen molar-refractivity contribution in [1.29, 1.82) is 0 Å². The van der Waals surface area contributed by atoms with E-state index in [9.17, 15) is 19.3 Å². The molecule has 0 radical (unpaired) electrons. The zero-order valence-corrected chi connectivity index (χ0v) is 14.0. The van der Waals surface area contributed by atoms with E-state index in [0.29, 0.717) is 11.6 Å². The fourth-order valence-electron chi connectivity index (χ4n) is 2.43. The number of benzene rings is 1. The van der Waals surface area contributed by atoms with Crippen LogP contribution in [0.4, 0.5) is 15.2 Å². The van der Waals surface area contributed by atoms with Crippen molar-refractivity contribution < 1.29 is 14.1 Å². The number of nitrogens with zero attached hydrogens (tertiary/aromatic N) is 2. The number of nitro groups is 1. The second-order valence-electron chi connectivity index (χ2n) is 5.30. The molecule has 0 saturated heterocycles. The van der Waals surface area contributed by atoms with Gasteiger partial charge in [0.1, 0.15) is 5.82 Å². The molecule has 128 valence electrons. The lowest BCUT2D eigenvalue weighted by molar-refractivity contribution is -0.385. The van der Waals surface area contributed by atoms with E-state index in [-0.39, 0.29) is 24.0 Å². The van der Waals surface area contributed by atoms with Crippen LogP contribution >= 0.6 is 23.7 Å². The molecule has 3 N–H and O–H groups in total. The molecule has 0 spiro atoms. The number of non-ortho nitro benzene ring substituents is 1. The number of nitro benzene ring substituents is 1. The lowest BCUT2D eigenvalue weighted by Crippen LogP contribution is -2.27. The van der Waals surface area contributed by atoms with Crippen molar-refractivity contribution in [3.05, 3.63) is 50.3 Å². The molecule has 7 nitrogen and oxygen atoms in total. The van der Waals surface area contributed by atoms with Crippen molar-refractivity contribution in [2.24, 2.45) is 5.73 Å². The van der Waals surface area contributed by atoms with Gasteiger partial charge in [-0.2, -0.15) is 0 Å². The Morgan fingerprint density at radius 1 is 1.46 bits per heavy atom. The van der Waals surface area contributed by atoms with Crippen LogP contribution < -0.4 is 11.1 Å². The van der Waals surface area contributed by atoms with Gasteiger partial charge < -0.3 is 5.73 Å². The van der Waals surface area contributed by atoms with E-state index >= 15 is 0 Å². The predicted octanol–water partition coefficient (Wildman–Crippen LogP) is 2.68. The van der Waals surface area contributed by atoms with E-state index in [1.54, 1.807) is 0 Å². The van der Waals surface area contributed by atoms with Crippen LogP contribution in [0.25, 0.3) is 0 Å². The molecule has 0 unspecified atom stereocenters. The third kappa shape index (κ3) is 3.86. The maximum absolute atomic E-state index is 13.4. The summed E-state index contributed by atoms with van der Waals surface area (Å²) in [5.41, 5.74) is 6.22. The van der Waals surface area contributed by atoms with E-state index in [1.807, 2.05) is 0 Å². The highest BCUT2D eigenvalue weighted by Gasteiger charge is 2.21. The molecule has 0 fully saturated rings. The third-order valence-electron chi connectivity index (χ3n) is 3.55. The minimum Gasteiger partial charge on any atom is -0.327 e. The largest absolute Gasteiger partial charge is 0.327 e. The predicted molar refractivity (Wildman–Crippen MR) is 90.4 cm³/mol. The normalized spacial score (nSPS) is 16.0. The number of thiazole rings is 1. The number of aromatic nitrogens is 1. The molecular formula is C14H14ClFN4O3S. The summed E-state index contributed by atoms with van der Waals surface area (Å²) in [5.74, 6) is -1.48. The van der Waals surface area contributed by atoms with Crippen LogP contribution in [0.3, 0.4) is 0 Å². The molecule has 0 bridgehead atoms. The van der Waals surface area contributed by atoms with E-state index in [4.69, 9.17) is 5.73 Å². The molecule has 1 amide bonds. The molecule has 1 aromatic heterocycles. The second-order valence-corrected chi connectivity index (χ2v) is 6.38. The van der Waals surface area contributed by atoms with Crippen LogP contribution in [0.1, 0.15) is 27.3 Å². The molecule has 0 aliphatic heterocycles. The van der Waals surface area contributed by atoms with Gasteiger partial charge >= 0.3 is 0 Å². The van der Waals surface area contributed by atoms with Gasteiger partial charge in [-0.1, -0.05) is 0 Å². The number of nitrogens with two attached hydrogens (primary N) is 1. The number of nitrogens with one attached hydrogen (secondary N) is 1. The lowest BCUT2D eigenvalue weighted by atomic mass is 9.99. The first-order chi connectivity index (χ1) is 10.9. The summed E-state index contributed by atoms with van der Waals surface area (Å²) >= 11 is 1.33. The number of amides is 1. The van der Waals surface area contributed by atoms with Gasteiger partial charge in [-0.3, -0.25) is 20.2 Å². The Balaban J connectivity index is 0.00000208. The van der Waals surface area contributed by atoms with Gasteiger partial charge in [0.05, 0.1) is 16.7 Å². The first-order valence-electron chi connectivity index (χ1n) is 6.93. The molecule has 24 heavy (non-hydrogen) atoms. The SMILES string of the molecule is Cl.N[C@H]1CCc2nc(NC(=O)c3cc(F)cc([N+](=O)[O-])c3)sc2C1. The zero-order chi connectivity index (χ0) is 16.6. The number of hydrogen-bond donors (Lipinski definition) is 2. The average Bonchev–Trinajstić information content (AvgIpc) is 2.87. The van der Waals surface area contributed by atoms with Crippen molar-refractivity contribution in [3.63, 3.8) is 0 Å². The van der Waals surface area contributed by atoms with Gasteiger partial charge in [0.25, 0.3) is 11.6 Å². The van der Waals surface area contributed by atoms with E-state index in [2.05, 4.69) is 10.3 Å². The van der Waals surface area contributed by atoms with Crippen LogP contribution in [0, 0.1) is 15.9 Å². The summed E-state index contributed by atoms with van der Waals surface area (Å²) in [4.78, 5) is 27.5. The smallest absolute Gasteiger partial charge is 0.273 e. The van der Waals surface area contributed by atoms with Crippen molar-refractivity contribution in [2.75, 3.05) is 5.32 Å². The lowest BCUT2D eigenvalue weighted by Gasteiger charge is -2.15. The van der Waals surface area contributed by atoms with E-state index < -0.39 is 22.3 Å². The van der Waals surface area contributed by atoms with Crippen LogP contribution in [0.5, 0.6) is 0 Å². The van der Waals surface area contributed by atoms with Gasteiger partial charge in [-0.05, 0) is 25.3 Å². The molecule has 2 aromatic rings. The fraction of sp³-hybridized carbons (Fsp3) is 0.286. The van der Waals surface area contributed by atoms with Crippen LogP contribution in [-0.4, -0.2) is 21.9 Å². The van der Waals surface area contributed by atoms with Gasteiger partial charge in [0, 0.05) is 22.5 Å². The first-order valence-corrected chi connectivity index (χ1v) is 7.74. The summed E-state index contributed by atoms with van der Waals surface area (Å²) in [5, 5.41) is 13.7. The van der Waals surface area contributed by atoms with Crippen molar-refractivity contribution >= 4 is 40.5 Å². The highest BCUT2D eigenvalue weighted by atomic mass is 35.5. The van der Waals surface area contributed by atoms with Crippen LogP contribution in [0.2, 0.25) is 0 Å². The molecule has 0 saturated carbocycles. The van der Waals surface area contributed by atoms with E-state index in [1.165, 1.54) is 11.3 Å². The Morgan fingerprint density at radius 3 is 2.92 bits per heavy atom. The average molecular weight is 373 g/mol. The number of carbonyl (C=O) groups is 1. The standard InChI is InChI=1S/C14H13FN4O3S.ClH/c15-8-3-7(4-10(5-8)19(21)22)13(20)18-14-17-11-2-1-9(16)6-12(11)23-14;/h3-5,9H,1-2,6,16H2,(H,17,18,20);1H/t9-;/m0./s1. The number of aryl methyl sites for hydroxylation is 1. The summed E-state index contributed by atoms with van der Waals surface area (Å²) in [6.07, 6.45) is 2.32. The number of carbonyl (C=O) groups excluding carboxylic acids is 1. The Morgan fingerprint density at radius 2 is 2.21 bits per heavy atom. The molecule has 1 aliphatic carbocycles. The number of hydrogen-bond acceptors (Lipinski definition) is 6. The number of fused-ring (bicyclic) bond motifs is 1. The number of rotatable bonds is 3. The van der Waals surface area contributed by atoms with Gasteiger partial charge in [0.15, 0.2) is 5.13 Å². The summed E-state index contributed by atoms with van der Waals surface area (Å²) in [6.45, 7) is 0. The molecular weight excluding hydrogens is 359 g/mol. The summed E-state index contributed by atoms with van der Waals surface area (Å²) < 4.78 is 13.4. The third-order valence-corrected chi connectivity index (χ3v) is 4.59. The molecule has 1 aromatic carbocycles. The quantitative estimate of drug-likeness (QED) is 0.635. The Bertz CT molecular complexity index is 798. The van der Waals surface area contributed by atoms with Gasteiger partial charge in [0.2, 0.25) is 0 Å². The van der Waals surface area contributed by atoms with Crippen molar-refractivity contribution in [1.82, 2.24) is 4.98 Å². The topological polar surface area (TPSA) is 111 Å². The second kappa shape index (κ2) is 7.20. The minimum atomic E-state index is -0.839. The monoisotopic (exact) mass is 372 g/mol. The van der Waals surface area contributed by atoms with Crippen molar-refractivity contribution in [2.45, 2.75) is 25.3 Å².